The Morgan fingerprint density at radius 1 is 1.04 bits per heavy atom. The maximum Gasteiger partial charge on any atom is 0.338 e. The number of halogens is 1. The molecule has 1 N–H and O–H groups in total. The van der Waals surface area contributed by atoms with Crippen molar-refractivity contribution in [3.63, 3.8) is 0 Å². The second-order valence-corrected chi connectivity index (χ2v) is 6.84. The first-order valence-electron chi connectivity index (χ1n) is 7.59. The largest absolute Gasteiger partial charge is 0.452 e. The Kier molecular flexibility index (Phi) is 5.62. The molecule has 2 rings (SSSR count). The number of hydrogen-bond donors (Lipinski definition) is 1. The number of benzene rings is 2. The zero-order valence-electron chi connectivity index (χ0n) is 13.9. The van der Waals surface area contributed by atoms with Gasteiger partial charge in [-0.05, 0) is 35.2 Å². The minimum atomic E-state index is -0.537. The zero-order chi connectivity index (χ0) is 17.7. The van der Waals surface area contributed by atoms with Gasteiger partial charge >= 0.3 is 5.97 Å². The standard InChI is InChI=1S/C19H20ClNO3/c1-19(2,3)14-10-8-13(9-11-14)18(23)24-12-17(22)21-16-7-5-4-6-15(16)20/h4-11H,12H2,1-3H3,(H,21,22). The summed E-state index contributed by atoms with van der Waals surface area (Å²) in [6.45, 7) is 5.92. The van der Waals surface area contributed by atoms with E-state index in [4.69, 9.17) is 16.3 Å². The molecule has 0 radical (unpaired) electrons. The maximum absolute atomic E-state index is 12.0. The van der Waals surface area contributed by atoms with Gasteiger partial charge in [-0.15, -0.1) is 0 Å². The number of anilines is 1. The molecule has 24 heavy (non-hydrogen) atoms. The Morgan fingerprint density at radius 2 is 1.67 bits per heavy atom. The van der Waals surface area contributed by atoms with Crippen LogP contribution in [0.4, 0.5) is 5.69 Å². The molecule has 0 unspecified atom stereocenters. The molecule has 0 bridgehead atoms. The molecule has 0 atom stereocenters. The van der Waals surface area contributed by atoms with Gasteiger partial charge in [0.05, 0.1) is 16.3 Å². The van der Waals surface area contributed by atoms with E-state index in [0.29, 0.717) is 16.3 Å². The Labute approximate surface area is 146 Å². The van der Waals surface area contributed by atoms with Crippen molar-refractivity contribution in [1.82, 2.24) is 0 Å². The van der Waals surface area contributed by atoms with Gasteiger partial charge in [0, 0.05) is 0 Å². The third-order valence-corrected chi connectivity index (χ3v) is 3.80. The van der Waals surface area contributed by atoms with E-state index in [0.717, 1.165) is 5.56 Å². The van der Waals surface area contributed by atoms with Crippen molar-refractivity contribution in [2.75, 3.05) is 11.9 Å². The molecule has 0 fully saturated rings. The quantitative estimate of drug-likeness (QED) is 0.834. The van der Waals surface area contributed by atoms with Crippen LogP contribution in [-0.2, 0) is 14.9 Å². The van der Waals surface area contributed by atoms with E-state index >= 15 is 0 Å². The van der Waals surface area contributed by atoms with Crippen molar-refractivity contribution in [3.8, 4) is 0 Å². The fraction of sp³-hybridized carbons (Fsp3) is 0.263. The summed E-state index contributed by atoms with van der Waals surface area (Å²) in [6, 6.07) is 14.0. The van der Waals surface area contributed by atoms with Gasteiger partial charge in [0.15, 0.2) is 6.61 Å². The molecule has 0 aliphatic rings. The van der Waals surface area contributed by atoms with Crippen molar-refractivity contribution >= 4 is 29.2 Å². The SMILES string of the molecule is CC(C)(C)c1ccc(C(=O)OCC(=O)Nc2ccccc2Cl)cc1. The Bertz CT molecular complexity index is 733. The number of carbonyl (C=O) groups is 2. The van der Waals surface area contributed by atoms with E-state index in [-0.39, 0.29) is 12.0 Å². The summed E-state index contributed by atoms with van der Waals surface area (Å²) in [5.41, 5.74) is 2.02. The third kappa shape index (κ3) is 4.83. The van der Waals surface area contributed by atoms with Gasteiger partial charge in [-0.1, -0.05) is 56.6 Å². The normalized spacial score (nSPS) is 11.0. The highest BCUT2D eigenvalue weighted by atomic mass is 35.5. The lowest BCUT2D eigenvalue weighted by atomic mass is 9.87. The predicted molar refractivity (Wildman–Crippen MR) is 95.5 cm³/mol. The highest BCUT2D eigenvalue weighted by molar-refractivity contribution is 6.33. The van der Waals surface area contributed by atoms with Gasteiger partial charge in [0.25, 0.3) is 5.91 Å². The molecule has 0 saturated heterocycles. The highest BCUT2D eigenvalue weighted by Crippen LogP contribution is 2.22. The number of rotatable bonds is 4. The molecular weight excluding hydrogens is 326 g/mol. The first-order valence-corrected chi connectivity index (χ1v) is 7.97. The molecule has 126 valence electrons. The monoisotopic (exact) mass is 345 g/mol. The van der Waals surface area contributed by atoms with Gasteiger partial charge in [0.1, 0.15) is 0 Å². The number of hydrogen-bond acceptors (Lipinski definition) is 3. The van der Waals surface area contributed by atoms with Crippen LogP contribution in [0.15, 0.2) is 48.5 Å². The van der Waals surface area contributed by atoms with Crippen LogP contribution in [0.3, 0.4) is 0 Å². The first kappa shape index (κ1) is 18.0. The van der Waals surface area contributed by atoms with Crippen LogP contribution in [0.5, 0.6) is 0 Å². The third-order valence-electron chi connectivity index (χ3n) is 3.47. The summed E-state index contributed by atoms with van der Waals surface area (Å²) in [7, 11) is 0. The second-order valence-electron chi connectivity index (χ2n) is 6.43. The highest BCUT2D eigenvalue weighted by Gasteiger charge is 2.15. The average molecular weight is 346 g/mol. The van der Waals surface area contributed by atoms with Gasteiger partial charge < -0.3 is 10.1 Å². The Morgan fingerprint density at radius 3 is 2.25 bits per heavy atom. The molecule has 4 nitrogen and oxygen atoms in total. The summed E-state index contributed by atoms with van der Waals surface area (Å²) < 4.78 is 5.03. The smallest absolute Gasteiger partial charge is 0.338 e. The minimum Gasteiger partial charge on any atom is -0.452 e. The molecule has 5 heteroatoms. The summed E-state index contributed by atoms with van der Waals surface area (Å²) >= 11 is 5.96. The Hall–Kier alpha value is -2.33. The van der Waals surface area contributed by atoms with E-state index in [1.54, 1.807) is 36.4 Å². The summed E-state index contributed by atoms with van der Waals surface area (Å²) in [5, 5.41) is 3.02. The fourth-order valence-corrected chi connectivity index (χ4v) is 2.25. The summed E-state index contributed by atoms with van der Waals surface area (Å²) in [6.07, 6.45) is 0. The average Bonchev–Trinajstić information content (AvgIpc) is 2.54. The lowest BCUT2D eigenvalue weighted by Crippen LogP contribution is -2.21. The molecular formula is C19H20ClNO3. The van der Waals surface area contributed by atoms with Crippen molar-refractivity contribution in [2.24, 2.45) is 0 Å². The van der Waals surface area contributed by atoms with E-state index in [1.807, 2.05) is 12.1 Å². The minimum absolute atomic E-state index is 0.0112. The van der Waals surface area contributed by atoms with Gasteiger partial charge in [-0.3, -0.25) is 4.79 Å². The molecule has 0 aliphatic carbocycles. The molecule has 0 spiro atoms. The van der Waals surface area contributed by atoms with Gasteiger partial charge in [-0.25, -0.2) is 4.79 Å². The number of para-hydroxylation sites is 1. The molecule has 0 aromatic heterocycles. The number of esters is 1. The number of amides is 1. The van der Waals surface area contributed by atoms with E-state index < -0.39 is 11.9 Å². The van der Waals surface area contributed by atoms with E-state index in [2.05, 4.69) is 26.1 Å². The van der Waals surface area contributed by atoms with Crippen molar-refractivity contribution in [1.29, 1.82) is 0 Å². The van der Waals surface area contributed by atoms with Crippen LogP contribution < -0.4 is 5.32 Å². The topological polar surface area (TPSA) is 55.4 Å². The molecule has 0 aliphatic heterocycles. The zero-order valence-corrected chi connectivity index (χ0v) is 14.7. The molecule has 1 amide bonds. The van der Waals surface area contributed by atoms with Crippen LogP contribution in [0.1, 0.15) is 36.7 Å². The van der Waals surface area contributed by atoms with Crippen molar-refractivity contribution < 1.29 is 14.3 Å². The van der Waals surface area contributed by atoms with E-state index in [1.165, 1.54) is 0 Å². The van der Waals surface area contributed by atoms with Gasteiger partial charge in [-0.2, -0.15) is 0 Å². The second kappa shape index (κ2) is 7.49. The number of nitrogens with one attached hydrogen (secondary N) is 1. The number of ether oxygens (including phenoxy) is 1. The van der Waals surface area contributed by atoms with Crippen LogP contribution in [-0.4, -0.2) is 18.5 Å². The van der Waals surface area contributed by atoms with Crippen LogP contribution in [0.25, 0.3) is 0 Å². The van der Waals surface area contributed by atoms with Crippen LogP contribution >= 0.6 is 11.6 Å². The molecule has 0 heterocycles. The predicted octanol–water partition coefficient (Wildman–Crippen LogP) is 4.43. The fourth-order valence-electron chi connectivity index (χ4n) is 2.07. The lowest BCUT2D eigenvalue weighted by molar-refractivity contribution is -0.119. The molecule has 0 saturated carbocycles. The lowest BCUT2D eigenvalue weighted by Gasteiger charge is -2.18. The van der Waals surface area contributed by atoms with Crippen molar-refractivity contribution in [3.05, 3.63) is 64.7 Å². The summed E-state index contributed by atoms with van der Waals surface area (Å²) in [4.78, 5) is 23.8. The molecule has 2 aromatic carbocycles. The van der Waals surface area contributed by atoms with Crippen LogP contribution in [0.2, 0.25) is 5.02 Å². The molecule has 2 aromatic rings. The number of carbonyl (C=O) groups excluding carboxylic acids is 2. The van der Waals surface area contributed by atoms with Gasteiger partial charge in [0.2, 0.25) is 0 Å². The Balaban J connectivity index is 1.91. The summed E-state index contributed by atoms with van der Waals surface area (Å²) in [5.74, 6) is -0.979. The van der Waals surface area contributed by atoms with Crippen LogP contribution in [0, 0.1) is 0 Å². The van der Waals surface area contributed by atoms with E-state index in [9.17, 15) is 9.59 Å². The van der Waals surface area contributed by atoms with Crippen molar-refractivity contribution in [2.45, 2.75) is 26.2 Å². The maximum atomic E-state index is 12.0. The first-order chi connectivity index (χ1) is 11.3.